The van der Waals surface area contributed by atoms with Gasteiger partial charge in [0.25, 0.3) is 0 Å². The average molecular weight is 308 g/mol. The molecular formula is O3PrSiZr+3. The first-order valence-corrected chi connectivity index (χ1v) is 1.84. The Balaban J connectivity index is -0.0000000450. The monoisotopic (exact) mass is 307 g/mol. The van der Waals surface area contributed by atoms with Crippen LogP contribution in [0, 0.1) is 41.3 Å². The Labute approximate surface area is 89.1 Å². The van der Waals surface area contributed by atoms with Gasteiger partial charge in [-0.2, -0.15) is 0 Å². The number of rotatable bonds is 0. The molecule has 0 amide bonds. The summed E-state index contributed by atoms with van der Waals surface area (Å²) >= 11 is 0. The van der Waals surface area contributed by atoms with Gasteiger partial charge in [-0.3, -0.25) is 0 Å². The van der Waals surface area contributed by atoms with Crippen molar-refractivity contribution in [3.63, 3.8) is 0 Å². The third kappa shape index (κ3) is 39.9. The predicted molar refractivity (Wildman–Crippen MR) is 6.44 cm³/mol. The maximum absolute atomic E-state index is 8.52. The minimum Gasteiger partial charge on any atom is -0.672 e. The third-order valence-corrected chi connectivity index (χ3v) is 0. The first-order chi connectivity index (χ1) is 1.73. The van der Waals surface area contributed by atoms with E-state index in [0.717, 1.165) is 0 Å². The molecular weight excluding hydrogens is 308 g/mol. The van der Waals surface area contributed by atoms with Crippen molar-refractivity contribution in [3.05, 3.63) is 0 Å². The fourth-order valence-corrected chi connectivity index (χ4v) is 0. The maximum Gasteiger partial charge on any atom is 3.00 e. The van der Waals surface area contributed by atoms with E-state index in [4.69, 9.17) is 14.1 Å². The Morgan fingerprint density at radius 1 is 1.33 bits per heavy atom. The van der Waals surface area contributed by atoms with Crippen LogP contribution in [0.3, 0.4) is 0 Å². The number of hydrogen-bond acceptors (Lipinski definition) is 3. The molecule has 0 aromatic carbocycles. The summed E-state index contributed by atoms with van der Waals surface area (Å²) < 4.78 is 8.52. The van der Waals surface area contributed by atoms with Crippen LogP contribution in [-0.4, -0.2) is 9.17 Å². The fraction of sp³-hybridized carbons (Fsp3) is 0. The standard InChI is InChI=1S/O3Si.Pr.Zr/c1-4(2)3;;/q-2;+3;+2. The molecule has 6 heavy (non-hydrogen) atoms. The fourth-order valence-electron chi connectivity index (χ4n) is 0. The molecule has 0 N–H and O–H groups in total. The van der Waals surface area contributed by atoms with Crippen LogP contribution in [-0.2, 0) is 30.7 Å². The van der Waals surface area contributed by atoms with E-state index in [1.807, 2.05) is 0 Å². The summed E-state index contributed by atoms with van der Waals surface area (Å²) in [5.74, 6) is 0. The molecule has 0 atom stereocenters. The molecule has 0 unspecified atom stereocenters. The summed E-state index contributed by atoms with van der Waals surface area (Å²) in [5.41, 5.74) is 0. The summed E-state index contributed by atoms with van der Waals surface area (Å²) in [6.07, 6.45) is 0. The molecule has 0 fully saturated rings. The van der Waals surface area contributed by atoms with Gasteiger partial charge in [-0.1, -0.05) is 0 Å². The Morgan fingerprint density at radius 3 is 1.33 bits per heavy atom. The van der Waals surface area contributed by atoms with Crippen LogP contribution in [0.25, 0.3) is 0 Å². The van der Waals surface area contributed by atoms with Crippen LogP contribution in [0.1, 0.15) is 0 Å². The Hall–Kier alpha value is 1.86. The van der Waals surface area contributed by atoms with Gasteiger partial charge in [0.1, 0.15) is 0 Å². The minimum absolute atomic E-state index is 0. The van der Waals surface area contributed by atoms with Crippen molar-refractivity contribution in [1.29, 1.82) is 0 Å². The van der Waals surface area contributed by atoms with Gasteiger partial charge in [-0.15, -0.1) is 0 Å². The van der Waals surface area contributed by atoms with E-state index in [9.17, 15) is 0 Å². The molecule has 0 radical (unpaired) electrons. The van der Waals surface area contributed by atoms with E-state index >= 15 is 0 Å². The second kappa shape index (κ2) is 9.98. The van der Waals surface area contributed by atoms with Crippen molar-refractivity contribution < 1.29 is 81.5 Å². The molecule has 0 aliphatic carbocycles. The van der Waals surface area contributed by atoms with Gasteiger partial charge >= 0.3 is 67.5 Å². The Bertz CT molecular complexity index is 33.8. The maximum atomic E-state index is 8.52. The smallest absolute Gasteiger partial charge is 0.672 e. The number of hydrogen-bond donors (Lipinski definition) is 0. The van der Waals surface area contributed by atoms with E-state index in [1.165, 1.54) is 0 Å². The summed E-state index contributed by atoms with van der Waals surface area (Å²) in [5, 5.41) is 0. The summed E-state index contributed by atoms with van der Waals surface area (Å²) in [4.78, 5) is 17.0. The molecule has 0 aliphatic heterocycles. The first-order valence-electron chi connectivity index (χ1n) is 0.612. The summed E-state index contributed by atoms with van der Waals surface area (Å²) in [7, 11) is -3.63. The van der Waals surface area contributed by atoms with Gasteiger partial charge in [-0.25, -0.2) is 0 Å². The van der Waals surface area contributed by atoms with E-state index in [1.54, 1.807) is 0 Å². The predicted octanol–water partition coefficient (Wildman–Crippen LogP) is -2.88. The summed E-state index contributed by atoms with van der Waals surface area (Å²) in [6.45, 7) is 0. The molecule has 0 heterocycles. The van der Waals surface area contributed by atoms with E-state index in [2.05, 4.69) is 0 Å². The Kier molecular flexibility index (Phi) is 26.0. The van der Waals surface area contributed by atoms with E-state index in [0.29, 0.717) is 0 Å². The molecule has 0 aliphatic rings. The van der Waals surface area contributed by atoms with Crippen LogP contribution in [0.15, 0.2) is 0 Å². The molecule has 0 saturated heterocycles. The van der Waals surface area contributed by atoms with Crippen molar-refractivity contribution in [3.8, 4) is 0 Å². The molecule has 0 rings (SSSR count). The van der Waals surface area contributed by atoms with Gasteiger partial charge in [0.2, 0.25) is 0 Å². The molecule has 6 heteroatoms. The van der Waals surface area contributed by atoms with Crippen molar-refractivity contribution in [2.75, 3.05) is 0 Å². The largest absolute Gasteiger partial charge is 3.00 e. The van der Waals surface area contributed by atoms with Crippen molar-refractivity contribution in [2.45, 2.75) is 0 Å². The van der Waals surface area contributed by atoms with Crippen LogP contribution in [0.5, 0.6) is 0 Å². The normalized spacial score (nSPS) is 4.00. The average Bonchev–Trinajstić information content (AvgIpc) is 0.811. The quantitative estimate of drug-likeness (QED) is 0.452. The zero-order valence-corrected chi connectivity index (χ0v) is 9.96. The van der Waals surface area contributed by atoms with E-state index < -0.39 is 9.17 Å². The van der Waals surface area contributed by atoms with Crippen LogP contribution in [0.2, 0.25) is 0 Å². The molecule has 0 bridgehead atoms. The topological polar surface area (TPSA) is 63.2 Å². The second-order valence-corrected chi connectivity index (χ2v) is 0.750. The SMILES string of the molecule is O=[Si]([O-])[O-].[Pr+3].[Zr+2]. The molecule has 26 valence electrons. The molecule has 0 aromatic heterocycles. The third-order valence-electron chi connectivity index (χ3n) is 0. The van der Waals surface area contributed by atoms with Gasteiger partial charge in [0.15, 0.2) is 0 Å². The first kappa shape index (κ1) is 15.7. The van der Waals surface area contributed by atoms with Gasteiger partial charge in [0.05, 0.1) is 0 Å². The molecule has 0 saturated carbocycles. The van der Waals surface area contributed by atoms with Crippen molar-refractivity contribution in [2.24, 2.45) is 0 Å². The van der Waals surface area contributed by atoms with E-state index in [-0.39, 0.29) is 67.5 Å². The zero-order chi connectivity index (χ0) is 3.58. The van der Waals surface area contributed by atoms with Crippen LogP contribution < -0.4 is 9.59 Å². The second-order valence-electron chi connectivity index (χ2n) is 0.250. The Morgan fingerprint density at radius 2 is 1.33 bits per heavy atom. The van der Waals surface area contributed by atoms with Crippen molar-refractivity contribution >= 4 is 9.17 Å². The van der Waals surface area contributed by atoms with Crippen LogP contribution >= 0.6 is 0 Å². The molecule has 0 spiro atoms. The van der Waals surface area contributed by atoms with Crippen LogP contribution in [0.4, 0.5) is 0 Å². The van der Waals surface area contributed by atoms with Gasteiger partial charge in [-0.05, 0) is 0 Å². The zero-order valence-electron chi connectivity index (χ0n) is 2.80. The summed E-state index contributed by atoms with van der Waals surface area (Å²) in [6, 6.07) is 0. The van der Waals surface area contributed by atoms with Gasteiger partial charge < -0.3 is 14.1 Å². The van der Waals surface area contributed by atoms with Crippen molar-refractivity contribution in [1.82, 2.24) is 0 Å². The molecule has 3 nitrogen and oxygen atoms in total. The minimum atomic E-state index is -3.63. The van der Waals surface area contributed by atoms with Gasteiger partial charge in [0, 0.05) is 9.17 Å². The molecule has 0 aromatic rings.